The number of ether oxygens (including phenoxy) is 1. The first-order valence-corrected chi connectivity index (χ1v) is 13.7. The lowest BCUT2D eigenvalue weighted by atomic mass is 9.86. The van der Waals surface area contributed by atoms with E-state index in [1.54, 1.807) is 0 Å². The minimum absolute atomic E-state index is 0.119. The maximum atomic E-state index is 11.2. The number of carboxylic acids is 1. The highest BCUT2D eigenvalue weighted by Gasteiger charge is 2.27. The number of fused-ring (bicyclic) bond motifs is 1. The zero-order valence-electron chi connectivity index (χ0n) is 21.7. The lowest BCUT2D eigenvalue weighted by Gasteiger charge is -2.33. The van der Waals surface area contributed by atoms with Crippen molar-refractivity contribution < 1.29 is 24.5 Å². The van der Waals surface area contributed by atoms with Gasteiger partial charge in [0.1, 0.15) is 12.1 Å². The molecule has 0 aromatic heterocycles. The third kappa shape index (κ3) is 12.5. The molecule has 200 valence electrons. The molecule has 2 heterocycles. The van der Waals surface area contributed by atoms with E-state index in [1.807, 2.05) is 0 Å². The maximum Gasteiger partial charge on any atom is 0.305 e. The number of methoxy groups -OCH3 is 1. The van der Waals surface area contributed by atoms with Gasteiger partial charge in [-0.05, 0) is 63.4 Å². The molecule has 0 aromatic rings. The Morgan fingerprint density at radius 3 is 2.49 bits per heavy atom. The number of nitrogens with zero attached hydrogens (tertiary/aromatic N) is 1. The molecule has 8 heteroatoms. The molecule has 2 atom stereocenters. The molecule has 0 saturated carbocycles. The standard InChI is InChI=1S/C27H47N3O5/c1-35-26(34)17-11-5-3-2-4-8-14-23-22(19-21-13-12-18-28-27(21)30-23)20-29-24(31)15-9-6-7-10-16-25(32)33/h21,24,29,31H,2-20H2,1H3,(H,28,30)(H,32,33). The van der Waals surface area contributed by atoms with Crippen LogP contribution < -0.4 is 10.6 Å². The zero-order valence-corrected chi connectivity index (χ0v) is 21.7. The first-order valence-electron chi connectivity index (χ1n) is 13.7. The molecule has 0 aliphatic carbocycles. The third-order valence-electron chi connectivity index (χ3n) is 7.03. The number of allylic oxidation sites excluding steroid dienone is 1. The van der Waals surface area contributed by atoms with Gasteiger partial charge >= 0.3 is 11.9 Å². The number of rotatable bonds is 19. The van der Waals surface area contributed by atoms with Gasteiger partial charge < -0.3 is 20.3 Å². The van der Waals surface area contributed by atoms with Crippen LogP contribution in [0.4, 0.5) is 0 Å². The van der Waals surface area contributed by atoms with Crippen molar-refractivity contribution in [2.24, 2.45) is 10.9 Å². The fourth-order valence-corrected chi connectivity index (χ4v) is 4.92. The lowest BCUT2D eigenvalue weighted by Crippen LogP contribution is -2.41. The van der Waals surface area contributed by atoms with Crippen molar-refractivity contribution in [3.63, 3.8) is 0 Å². The lowest BCUT2D eigenvalue weighted by molar-refractivity contribution is -0.141. The van der Waals surface area contributed by atoms with Gasteiger partial charge in [0.2, 0.25) is 0 Å². The first-order chi connectivity index (χ1) is 17.0. The molecule has 0 radical (unpaired) electrons. The summed E-state index contributed by atoms with van der Waals surface area (Å²) in [5.41, 5.74) is 2.65. The minimum Gasteiger partial charge on any atom is -0.481 e. The topological polar surface area (TPSA) is 120 Å². The molecule has 2 aliphatic rings. The summed E-state index contributed by atoms with van der Waals surface area (Å²) in [6.07, 6.45) is 15.3. The van der Waals surface area contributed by atoms with Crippen LogP contribution in [0.15, 0.2) is 16.3 Å². The molecule has 0 saturated heterocycles. The Morgan fingerprint density at radius 2 is 1.74 bits per heavy atom. The highest BCUT2D eigenvalue weighted by molar-refractivity contribution is 5.88. The van der Waals surface area contributed by atoms with Crippen molar-refractivity contribution in [3.8, 4) is 0 Å². The quantitative estimate of drug-likeness (QED) is 0.117. The summed E-state index contributed by atoms with van der Waals surface area (Å²) in [5.74, 6) is 0.773. The minimum atomic E-state index is -0.737. The van der Waals surface area contributed by atoms with Crippen LogP contribution in [-0.2, 0) is 14.3 Å². The molecule has 0 spiro atoms. The predicted molar refractivity (Wildman–Crippen MR) is 138 cm³/mol. The second kappa shape index (κ2) is 17.5. The van der Waals surface area contributed by atoms with Crippen molar-refractivity contribution in [3.05, 3.63) is 11.3 Å². The number of aliphatic hydroxyl groups is 1. The van der Waals surface area contributed by atoms with Gasteiger partial charge in [-0.15, -0.1) is 0 Å². The van der Waals surface area contributed by atoms with Crippen molar-refractivity contribution in [2.75, 3.05) is 20.2 Å². The van der Waals surface area contributed by atoms with E-state index in [1.165, 1.54) is 37.6 Å². The zero-order chi connectivity index (χ0) is 25.3. The van der Waals surface area contributed by atoms with Gasteiger partial charge in [-0.1, -0.05) is 38.5 Å². The third-order valence-corrected chi connectivity index (χ3v) is 7.03. The van der Waals surface area contributed by atoms with Crippen LogP contribution in [0, 0.1) is 5.92 Å². The van der Waals surface area contributed by atoms with Crippen LogP contribution in [0.2, 0.25) is 0 Å². The molecule has 2 rings (SSSR count). The molecule has 0 bridgehead atoms. The van der Waals surface area contributed by atoms with Crippen LogP contribution in [-0.4, -0.2) is 54.4 Å². The molecule has 8 nitrogen and oxygen atoms in total. The summed E-state index contributed by atoms with van der Waals surface area (Å²) in [7, 11) is 1.44. The fourth-order valence-electron chi connectivity index (χ4n) is 4.92. The van der Waals surface area contributed by atoms with Crippen LogP contribution >= 0.6 is 0 Å². The number of carbonyl (C=O) groups excluding carboxylic acids is 1. The highest BCUT2D eigenvalue weighted by Crippen LogP contribution is 2.29. The first kappa shape index (κ1) is 29.3. The Hall–Kier alpha value is -1.93. The summed E-state index contributed by atoms with van der Waals surface area (Å²) < 4.78 is 4.69. The average molecular weight is 494 g/mol. The van der Waals surface area contributed by atoms with Gasteiger partial charge in [0, 0.05) is 37.5 Å². The van der Waals surface area contributed by atoms with E-state index in [-0.39, 0.29) is 12.4 Å². The van der Waals surface area contributed by atoms with Crippen LogP contribution in [0.3, 0.4) is 0 Å². The van der Waals surface area contributed by atoms with E-state index < -0.39 is 12.2 Å². The van der Waals surface area contributed by atoms with Gasteiger partial charge in [-0.3, -0.25) is 19.9 Å². The van der Waals surface area contributed by atoms with E-state index >= 15 is 0 Å². The smallest absolute Gasteiger partial charge is 0.305 e. The molecular weight excluding hydrogens is 446 g/mol. The number of carboxylic acid groups (broad SMARTS) is 1. The van der Waals surface area contributed by atoms with E-state index in [0.717, 1.165) is 76.6 Å². The van der Waals surface area contributed by atoms with Gasteiger partial charge in [0.15, 0.2) is 0 Å². The molecule has 35 heavy (non-hydrogen) atoms. The molecule has 2 aliphatic heterocycles. The maximum absolute atomic E-state index is 11.2. The number of aliphatic carboxylic acids is 1. The summed E-state index contributed by atoms with van der Waals surface area (Å²) in [6.45, 7) is 1.61. The van der Waals surface area contributed by atoms with Crippen molar-refractivity contribution in [1.29, 1.82) is 0 Å². The molecular formula is C27H47N3O5. The largest absolute Gasteiger partial charge is 0.481 e. The van der Waals surface area contributed by atoms with Crippen LogP contribution in [0.5, 0.6) is 0 Å². The SMILES string of the molecule is COC(=O)CCCCCCCCC1=C(CNC(O)CCCCCCC(=O)O)CC2CCCN=C2N1. The number of unbranched alkanes of at least 4 members (excludes halogenated alkanes) is 8. The Balaban J connectivity index is 1.71. The average Bonchev–Trinajstić information content (AvgIpc) is 2.85. The fraction of sp³-hybridized carbons (Fsp3) is 0.815. The Bertz CT molecular complexity index is 707. The monoisotopic (exact) mass is 493 g/mol. The number of hydrogen-bond donors (Lipinski definition) is 4. The number of esters is 1. The van der Waals surface area contributed by atoms with Crippen LogP contribution in [0.25, 0.3) is 0 Å². The van der Waals surface area contributed by atoms with E-state index in [4.69, 9.17) is 10.1 Å². The van der Waals surface area contributed by atoms with Gasteiger partial charge in [0.25, 0.3) is 0 Å². The molecule has 0 amide bonds. The molecule has 0 aromatic carbocycles. The molecule has 2 unspecified atom stereocenters. The number of aliphatic imine (C=N–C) groups is 1. The van der Waals surface area contributed by atoms with Gasteiger partial charge in [0.05, 0.1) is 7.11 Å². The number of carbonyl (C=O) groups is 2. The van der Waals surface area contributed by atoms with Crippen molar-refractivity contribution >= 4 is 17.8 Å². The normalized spacial score (nSPS) is 18.5. The van der Waals surface area contributed by atoms with Gasteiger partial charge in [-0.25, -0.2) is 0 Å². The summed E-state index contributed by atoms with van der Waals surface area (Å²) in [5, 5.41) is 26.1. The second-order valence-electron chi connectivity index (χ2n) is 9.96. The van der Waals surface area contributed by atoms with Crippen LogP contribution in [0.1, 0.15) is 109 Å². The molecule has 4 N–H and O–H groups in total. The summed E-state index contributed by atoms with van der Waals surface area (Å²) in [4.78, 5) is 26.5. The Labute approximate surface area is 211 Å². The van der Waals surface area contributed by atoms with Gasteiger partial charge in [-0.2, -0.15) is 0 Å². The highest BCUT2D eigenvalue weighted by atomic mass is 16.5. The predicted octanol–water partition coefficient (Wildman–Crippen LogP) is 4.67. The van der Waals surface area contributed by atoms with Crippen molar-refractivity contribution in [1.82, 2.24) is 10.6 Å². The van der Waals surface area contributed by atoms with E-state index in [0.29, 0.717) is 31.7 Å². The van der Waals surface area contributed by atoms with E-state index in [2.05, 4.69) is 15.4 Å². The Morgan fingerprint density at radius 1 is 1.06 bits per heavy atom. The Kier molecular flexibility index (Phi) is 14.6. The summed E-state index contributed by atoms with van der Waals surface area (Å²) >= 11 is 0. The summed E-state index contributed by atoms with van der Waals surface area (Å²) in [6, 6.07) is 0. The second-order valence-corrected chi connectivity index (χ2v) is 9.96. The van der Waals surface area contributed by atoms with E-state index in [9.17, 15) is 14.7 Å². The number of amidine groups is 1. The molecule has 0 fully saturated rings. The van der Waals surface area contributed by atoms with Crippen molar-refractivity contribution in [2.45, 2.75) is 115 Å². The number of hydrogen-bond acceptors (Lipinski definition) is 7. The number of aliphatic hydroxyl groups excluding tert-OH is 1. The number of nitrogens with one attached hydrogen (secondary N) is 2.